The molecule has 1 saturated heterocycles. The summed E-state index contributed by atoms with van der Waals surface area (Å²) in [5.41, 5.74) is 5.12. The van der Waals surface area contributed by atoms with Crippen molar-refractivity contribution in [1.29, 1.82) is 0 Å². The van der Waals surface area contributed by atoms with Crippen molar-refractivity contribution in [1.82, 2.24) is 24.3 Å². The van der Waals surface area contributed by atoms with Gasteiger partial charge in [-0.3, -0.25) is 4.68 Å². The Kier molecular flexibility index (Phi) is 6.35. The zero-order valence-corrected chi connectivity index (χ0v) is 19.9. The summed E-state index contributed by atoms with van der Waals surface area (Å²) in [6, 6.07) is 8.68. The molecule has 0 amide bonds. The molecule has 9 nitrogen and oxygen atoms in total. The third kappa shape index (κ3) is 4.84. The molecule has 0 radical (unpaired) electrons. The minimum Gasteiger partial charge on any atom is -0.485 e. The summed E-state index contributed by atoms with van der Waals surface area (Å²) < 4.78 is 21.6. The second-order valence-electron chi connectivity index (χ2n) is 8.63. The first-order valence-corrected chi connectivity index (χ1v) is 11.6. The van der Waals surface area contributed by atoms with Crippen molar-refractivity contribution >= 4 is 16.9 Å². The fourth-order valence-electron chi connectivity index (χ4n) is 4.21. The number of fused-ring (bicyclic) bond motifs is 1. The maximum absolute atomic E-state index is 6.23. The highest BCUT2D eigenvalue weighted by Gasteiger charge is 2.23. The minimum atomic E-state index is 0.351. The number of rotatable bonds is 8. The van der Waals surface area contributed by atoms with Crippen molar-refractivity contribution in [3.63, 3.8) is 0 Å². The number of ether oxygens (including phenoxy) is 3. The Morgan fingerprint density at radius 2 is 1.88 bits per heavy atom. The first-order valence-electron chi connectivity index (χ1n) is 11.6. The van der Waals surface area contributed by atoms with E-state index < -0.39 is 0 Å². The molecule has 1 aromatic carbocycles. The monoisotopic (exact) mass is 462 g/mol. The molecule has 4 aromatic rings. The summed E-state index contributed by atoms with van der Waals surface area (Å²) >= 11 is 0. The van der Waals surface area contributed by atoms with Gasteiger partial charge in [-0.1, -0.05) is 29.8 Å². The van der Waals surface area contributed by atoms with Gasteiger partial charge in [-0.25, -0.2) is 0 Å². The molecule has 1 aliphatic heterocycles. The van der Waals surface area contributed by atoms with E-state index in [4.69, 9.17) is 24.2 Å². The molecule has 0 bridgehead atoms. The van der Waals surface area contributed by atoms with E-state index in [0.717, 1.165) is 47.5 Å². The van der Waals surface area contributed by atoms with Crippen molar-refractivity contribution in [3.8, 4) is 11.8 Å². The van der Waals surface area contributed by atoms with Gasteiger partial charge in [0.25, 0.3) is 0 Å². The second kappa shape index (κ2) is 9.72. The third-order valence-electron chi connectivity index (χ3n) is 5.91. The molecule has 0 spiro atoms. The molecule has 0 unspecified atom stereocenters. The van der Waals surface area contributed by atoms with Gasteiger partial charge >= 0.3 is 6.01 Å². The Bertz CT molecular complexity index is 1280. The number of aromatic nitrogens is 5. The van der Waals surface area contributed by atoms with E-state index in [9.17, 15) is 0 Å². The highest BCUT2D eigenvalue weighted by atomic mass is 16.5. The van der Waals surface area contributed by atoms with Gasteiger partial charge in [0.15, 0.2) is 11.6 Å². The first-order chi connectivity index (χ1) is 16.6. The number of nitrogens with zero attached hydrogens (tertiary/aromatic N) is 6. The van der Waals surface area contributed by atoms with E-state index >= 15 is 0 Å². The molecule has 1 aliphatic rings. The van der Waals surface area contributed by atoms with Crippen LogP contribution in [0.1, 0.15) is 16.7 Å². The first kappa shape index (κ1) is 22.2. The maximum Gasteiger partial charge on any atom is 0.319 e. The SMILES string of the molecule is Cc1cccc(COc2cn(C)c3c(N4CCOCC4)nc(OCCc4cnn(C)c4)nc23)c1. The number of hydrogen-bond donors (Lipinski definition) is 0. The summed E-state index contributed by atoms with van der Waals surface area (Å²) in [5, 5.41) is 4.22. The van der Waals surface area contributed by atoms with E-state index in [1.165, 1.54) is 5.56 Å². The van der Waals surface area contributed by atoms with Crippen molar-refractivity contribution in [2.45, 2.75) is 20.0 Å². The van der Waals surface area contributed by atoms with Gasteiger partial charge < -0.3 is 23.7 Å². The number of anilines is 1. The molecule has 34 heavy (non-hydrogen) atoms. The highest BCUT2D eigenvalue weighted by Crippen LogP contribution is 2.34. The predicted octanol–water partition coefficient (Wildman–Crippen LogP) is 3.05. The fraction of sp³-hybridized carbons (Fsp3) is 0.400. The zero-order chi connectivity index (χ0) is 23.5. The standard InChI is InChI=1S/C25H30N6O3/c1-18-5-4-6-19(13-18)17-34-21-16-29(2)23-22(21)27-25(28-24(23)31-8-11-32-12-9-31)33-10-7-20-14-26-30(3)15-20/h4-6,13-16H,7-12,17H2,1-3H3. The average molecular weight is 463 g/mol. The number of benzene rings is 1. The van der Waals surface area contributed by atoms with E-state index in [0.29, 0.717) is 38.2 Å². The van der Waals surface area contributed by atoms with Crippen molar-refractivity contribution in [3.05, 3.63) is 59.5 Å². The Balaban J connectivity index is 1.44. The molecule has 0 saturated carbocycles. The lowest BCUT2D eigenvalue weighted by Crippen LogP contribution is -2.37. The molecule has 178 valence electrons. The van der Waals surface area contributed by atoms with Crippen LogP contribution in [-0.4, -0.2) is 57.2 Å². The lowest BCUT2D eigenvalue weighted by molar-refractivity contribution is 0.122. The van der Waals surface area contributed by atoms with Gasteiger partial charge in [-0.05, 0) is 18.1 Å². The van der Waals surface area contributed by atoms with Gasteiger partial charge in [-0.2, -0.15) is 15.1 Å². The van der Waals surface area contributed by atoms with Crippen LogP contribution in [-0.2, 0) is 31.9 Å². The summed E-state index contributed by atoms with van der Waals surface area (Å²) in [5.74, 6) is 1.56. The average Bonchev–Trinajstić information content (AvgIpc) is 3.40. The summed E-state index contributed by atoms with van der Waals surface area (Å²) in [7, 11) is 3.90. The molecule has 5 rings (SSSR count). The maximum atomic E-state index is 6.23. The van der Waals surface area contributed by atoms with Crippen LogP contribution < -0.4 is 14.4 Å². The molecule has 0 atom stereocenters. The Labute approximate surface area is 198 Å². The van der Waals surface area contributed by atoms with Crippen LogP contribution in [0.3, 0.4) is 0 Å². The van der Waals surface area contributed by atoms with Crippen LogP contribution >= 0.6 is 0 Å². The molecular weight excluding hydrogens is 432 g/mol. The van der Waals surface area contributed by atoms with E-state index in [1.807, 2.05) is 43.3 Å². The summed E-state index contributed by atoms with van der Waals surface area (Å²) in [6.07, 6.45) is 6.54. The van der Waals surface area contributed by atoms with Gasteiger partial charge in [0.05, 0.1) is 26.0 Å². The van der Waals surface area contributed by atoms with Crippen LogP contribution in [0, 0.1) is 6.92 Å². The topological polar surface area (TPSA) is 79.5 Å². The minimum absolute atomic E-state index is 0.351. The molecule has 0 aliphatic carbocycles. The molecular formula is C25H30N6O3. The summed E-state index contributed by atoms with van der Waals surface area (Å²) in [6.45, 7) is 5.89. The lowest BCUT2D eigenvalue weighted by Gasteiger charge is -2.28. The normalized spacial score (nSPS) is 14.0. The van der Waals surface area contributed by atoms with E-state index in [-0.39, 0.29) is 0 Å². The predicted molar refractivity (Wildman–Crippen MR) is 129 cm³/mol. The van der Waals surface area contributed by atoms with Crippen LogP contribution in [0.25, 0.3) is 11.0 Å². The zero-order valence-electron chi connectivity index (χ0n) is 19.9. The second-order valence-corrected chi connectivity index (χ2v) is 8.63. The smallest absolute Gasteiger partial charge is 0.319 e. The summed E-state index contributed by atoms with van der Waals surface area (Å²) in [4.78, 5) is 11.8. The van der Waals surface area contributed by atoms with Crippen molar-refractivity contribution < 1.29 is 14.2 Å². The molecule has 1 fully saturated rings. The molecule has 0 N–H and O–H groups in total. The van der Waals surface area contributed by atoms with E-state index in [1.54, 1.807) is 4.68 Å². The molecule has 3 aromatic heterocycles. The van der Waals surface area contributed by atoms with Crippen molar-refractivity contribution in [2.75, 3.05) is 37.8 Å². The molecule has 9 heteroatoms. The third-order valence-corrected chi connectivity index (χ3v) is 5.91. The van der Waals surface area contributed by atoms with Gasteiger partial charge in [-0.15, -0.1) is 0 Å². The number of aryl methyl sites for hydroxylation is 3. The Morgan fingerprint density at radius 3 is 2.65 bits per heavy atom. The van der Waals surface area contributed by atoms with Gasteiger partial charge in [0, 0.05) is 46.0 Å². The van der Waals surface area contributed by atoms with Crippen molar-refractivity contribution in [2.24, 2.45) is 14.1 Å². The van der Waals surface area contributed by atoms with Crippen LogP contribution in [0.2, 0.25) is 0 Å². The Morgan fingerprint density at radius 1 is 1.03 bits per heavy atom. The van der Waals surface area contributed by atoms with Crippen LogP contribution in [0.15, 0.2) is 42.9 Å². The molecule has 4 heterocycles. The Hall–Kier alpha value is -3.59. The van der Waals surface area contributed by atoms with Gasteiger partial charge in [0.1, 0.15) is 17.6 Å². The fourth-order valence-corrected chi connectivity index (χ4v) is 4.21. The number of morpholine rings is 1. The number of hydrogen-bond acceptors (Lipinski definition) is 7. The quantitative estimate of drug-likeness (QED) is 0.398. The van der Waals surface area contributed by atoms with Crippen LogP contribution in [0.4, 0.5) is 5.82 Å². The largest absolute Gasteiger partial charge is 0.485 e. The lowest BCUT2D eigenvalue weighted by atomic mass is 10.1. The van der Waals surface area contributed by atoms with Crippen LogP contribution in [0.5, 0.6) is 11.8 Å². The van der Waals surface area contributed by atoms with Gasteiger partial charge in [0.2, 0.25) is 0 Å². The highest BCUT2D eigenvalue weighted by molar-refractivity contribution is 5.92. The van der Waals surface area contributed by atoms with E-state index in [2.05, 4.69) is 35.1 Å².